The Balaban J connectivity index is 1.89. The van der Waals surface area contributed by atoms with Gasteiger partial charge in [0.05, 0.1) is 22.5 Å². The van der Waals surface area contributed by atoms with Gasteiger partial charge in [0, 0.05) is 38.9 Å². The van der Waals surface area contributed by atoms with Gasteiger partial charge in [-0.2, -0.15) is 0 Å². The van der Waals surface area contributed by atoms with E-state index in [9.17, 15) is 21.6 Å². The van der Waals surface area contributed by atoms with Crippen molar-refractivity contribution < 1.29 is 26.4 Å². The Morgan fingerprint density at radius 3 is 2.25 bits per heavy atom. The molecule has 0 saturated carbocycles. The molecule has 3 rings (SSSR count). The Kier molecular flexibility index (Phi) is 8.09. The van der Waals surface area contributed by atoms with Crippen molar-refractivity contribution in [1.29, 1.82) is 0 Å². The zero-order valence-electron chi connectivity index (χ0n) is 21.3. The first-order chi connectivity index (χ1) is 16.7. The second-order valence-electron chi connectivity index (χ2n) is 9.66. The minimum atomic E-state index is -3.93. The smallest absolute Gasteiger partial charge is 0.410 e. The van der Waals surface area contributed by atoms with E-state index in [2.05, 4.69) is 4.72 Å². The number of amides is 1. The van der Waals surface area contributed by atoms with Gasteiger partial charge in [0.15, 0.2) is 0 Å². The molecular weight excluding hydrogens is 504 g/mol. The Morgan fingerprint density at radius 2 is 1.64 bits per heavy atom. The Hall–Kier alpha value is -2.99. The van der Waals surface area contributed by atoms with Crippen molar-refractivity contribution in [2.45, 2.75) is 37.7 Å². The Morgan fingerprint density at radius 1 is 0.972 bits per heavy atom. The number of nitrogens with zero attached hydrogens (tertiary/aromatic N) is 3. The predicted molar refractivity (Wildman–Crippen MR) is 142 cm³/mol. The van der Waals surface area contributed by atoms with Gasteiger partial charge >= 0.3 is 6.09 Å². The minimum Gasteiger partial charge on any atom is -0.444 e. The van der Waals surface area contributed by atoms with Crippen molar-refractivity contribution in [2.24, 2.45) is 0 Å². The highest BCUT2D eigenvalue weighted by Gasteiger charge is 2.26. The van der Waals surface area contributed by atoms with Crippen LogP contribution in [0, 0.1) is 0 Å². The molecule has 0 aromatic heterocycles. The second kappa shape index (κ2) is 10.6. The summed E-state index contributed by atoms with van der Waals surface area (Å²) >= 11 is 0. The van der Waals surface area contributed by atoms with E-state index in [1.807, 2.05) is 25.7 Å². The fourth-order valence-electron chi connectivity index (χ4n) is 3.73. The molecular formula is C24H34N4O6S2. The number of anilines is 3. The van der Waals surface area contributed by atoms with Gasteiger partial charge in [-0.1, -0.05) is 18.2 Å². The summed E-state index contributed by atoms with van der Waals surface area (Å²) in [5.41, 5.74) is 0.467. The number of hydrogen-bond donors (Lipinski definition) is 1. The van der Waals surface area contributed by atoms with Crippen LogP contribution < -0.4 is 13.9 Å². The summed E-state index contributed by atoms with van der Waals surface area (Å²) in [4.78, 5) is 16.3. The third kappa shape index (κ3) is 7.03. The van der Waals surface area contributed by atoms with Crippen LogP contribution in [-0.2, 0) is 24.8 Å². The van der Waals surface area contributed by atoms with Crippen molar-refractivity contribution in [3.8, 4) is 0 Å². The van der Waals surface area contributed by atoms with Crippen LogP contribution in [-0.4, -0.2) is 72.9 Å². The zero-order valence-corrected chi connectivity index (χ0v) is 22.9. The summed E-state index contributed by atoms with van der Waals surface area (Å²) in [6.07, 6.45) is 1.38. The fraction of sp³-hybridized carbons (Fsp3) is 0.458. The number of hydrogen-bond acceptors (Lipinski definition) is 7. The summed E-state index contributed by atoms with van der Waals surface area (Å²) < 4.78 is 59.6. The lowest BCUT2D eigenvalue weighted by Gasteiger charge is -2.28. The topological polar surface area (TPSA) is 116 Å². The first-order valence-corrected chi connectivity index (χ1v) is 14.9. The third-order valence-electron chi connectivity index (χ3n) is 5.63. The van der Waals surface area contributed by atoms with Gasteiger partial charge in [0.1, 0.15) is 5.60 Å². The van der Waals surface area contributed by atoms with Crippen LogP contribution in [0.25, 0.3) is 0 Å². The second-order valence-corrected chi connectivity index (χ2v) is 13.4. The lowest BCUT2D eigenvalue weighted by Crippen LogP contribution is -2.39. The van der Waals surface area contributed by atoms with E-state index in [1.54, 1.807) is 41.3 Å². The average Bonchev–Trinajstić information content (AvgIpc) is 3.04. The molecule has 0 bridgehead atoms. The molecule has 10 nitrogen and oxygen atoms in total. The number of carbonyl (C=O) groups excluding carboxylic acids is 1. The van der Waals surface area contributed by atoms with Gasteiger partial charge in [-0.25, -0.2) is 21.6 Å². The molecule has 0 atom stereocenters. The van der Waals surface area contributed by atoms with Crippen LogP contribution in [0.4, 0.5) is 21.9 Å². The van der Waals surface area contributed by atoms with E-state index in [0.717, 1.165) is 10.6 Å². The van der Waals surface area contributed by atoms with Crippen molar-refractivity contribution in [3.63, 3.8) is 0 Å². The van der Waals surface area contributed by atoms with Crippen molar-refractivity contribution in [3.05, 3.63) is 48.5 Å². The van der Waals surface area contributed by atoms with E-state index < -0.39 is 25.6 Å². The van der Waals surface area contributed by atoms with Gasteiger partial charge in [0.2, 0.25) is 10.0 Å². The molecule has 1 amide bonds. The van der Waals surface area contributed by atoms with Gasteiger partial charge in [0.25, 0.3) is 10.0 Å². The fourth-order valence-corrected chi connectivity index (χ4v) is 5.33. The largest absolute Gasteiger partial charge is 0.444 e. The molecule has 0 spiro atoms. The summed E-state index contributed by atoms with van der Waals surface area (Å²) in [6.45, 7) is 7.59. The average molecular weight is 539 g/mol. The molecule has 1 aliphatic rings. The molecule has 2 aromatic rings. The number of carbonyl (C=O) groups is 1. The van der Waals surface area contributed by atoms with Crippen LogP contribution >= 0.6 is 0 Å². The molecule has 1 N–H and O–H groups in total. The molecule has 1 aliphatic heterocycles. The van der Waals surface area contributed by atoms with E-state index >= 15 is 0 Å². The normalized spacial score (nSPS) is 15.2. The number of sulfonamides is 2. The van der Waals surface area contributed by atoms with Crippen LogP contribution in [0.1, 0.15) is 27.2 Å². The first-order valence-electron chi connectivity index (χ1n) is 11.6. The third-order valence-corrected chi connectivity index (χ3v) is 8.20. The van der Waals surface area contributed by atoms with E-state index in [4.69, 9.17) is 4.74 Å². The van der Waals surface area contributed by atoms with Crippen LogP contribution in [0.3, 0.4) is 0 Å². The highest BCUT2D eigenvalue weighted by atomic mass is 32.2. The van der Waals surface area contributed by atoms with Gasteiger partial charge in [-0.05, 0) is 57.5 Å². The minimum absolute atomic E-state index is 0.0665. The number of ether oxygens (including phenoxy) is 1. The molecule has 0 radical (unpaired) electrons. The van der Waals surface area contributed by atoms with Gasteiger partial charge in [-0.3, -0.25) is 9.03 Å². The van der Waals surface area contributed by atoms with Gasteiger partial charge in [-0.15, -0.1) is 0 Å². The summed E-state index contributed by atoms with van der Waals surface area (Å²) in [5, 5.41) is 0. The number of benzene rings is 2. The lowest BCUT2D eigenvalue weighted by atomic mass is 10.2. The summed E-state index contributed by atoms with van der Waals surface area (Å²) in [7, 11) is -6.24. The Labute approximate surface area is 213 Å². The van der Waals surface area contributed by atoms with E-state index in [-0.39, 0.29) is 22.4 Å². The molecule has 198 valence electrons. The predicted octanol–water partition coefficient (Wildman–Crippen LogP) is 3.33. The summed E-state index contributed by atoms with van der Waals surface area (Å²) in [5.74, 6) is 0. The summed E-state index contributed by atoms with van der Waals surface area (Å²) in [6, 6.07) is 12.8. The maximum absolute atomic E-state index is 12.9. The SMILES string of the molecule is CN(c1cc(N2CCCN(C(=O)OC(C)(C)C)CC2)ccc1NS(=O)(=O)c1ccccc1)S(C)(=O)=O. The molecule has 0 aliphatic carbocycles. The lowest BCUT2D eigenvalue weighted by molar-refractivity contribution is 0.0263. The van der Waals surface area contributed by atoms with Gasteiger partial charge < -0.3 is 14.5 Å². The molecule has 12 heteroatoms. The van der Waals surface area contributed by atoms with Crippen molar-refractivity contribution in [2.75, 3.05) is 53.4 Å². The monoisotopic (exact) mass is 538 g/mol. The van der Waals surface area contributed by atoms with Crippen LogP contribution in [0.2, 0.25) is 0 Å². The number of rotatable bonds is 6. The van der Waals surface area contributed by atoms with E-state index in [0.29, 0.717) is 38.3 Å². The van der Waals surface area contributed by atoms with Crippen LogP contribution in [0.5, 0.6) is 0 Å². The highest BCUT2D eigenvalue weighted by Crippen LogP contribution is 2.33. The Bertz CT molecular complexity index is 1290. The molecule has 2 aromatic carbocycles. The maximum Gasteiger partial charge on any atom is 0.410 e. The van der Waals surface area contributed by atoms with Crippen LogP contribution in [0.15, 0.2) is 53.4 Å². The molecule has 1 heterocycles. The number of nitrogens with one attached hydrogen (secondary N) is 1. The standard InChI is InChI=1S/C24H34N4O6S2/c1-24(2,3)34-23(29)28-15-9-14-27(16-17-28)19-12-13-21(22(18-19)26(4)35(5,30)31)25-36(32,33)20-10-7-6-8-11-20/h6-8,10-13,18,25H,9,14-17H2,1-5H3. The van der Waals surface area contributed by atoms with Crippen molar-refractivity contribution >= 4 is 43.2 Å². The van der Waals surface area contributed by atoms with E-state index in [1.165, 1.54) is 19.2 Å². The maximum atomic E-state index is 12.9. The molecule has 36 heavy (non-hydrogen) atoms. The molecule has 0 unspecified atom stereocenters. The quantitative estimate of drug-likeness (QED) is 0.600. The zero-order chi connectivity index (χ0) is 26.7. The molecule has 1 saturated heterocycles. The van der Waals surface area contributed by atoms with Crippen molar-refractivity contribution in [1.82, 2.24) is 4.90 Å². The molecule has 1 fully saturated rings. The highest BCUT2D eigenvalue weighted by molar-refractivity contribution is 7.93. The first kappa shape index (κ1) is 27.6.